The first kappa shape index (κ1) is 18.4. The number of rotatable bonds is 7. The van der Waals surface area contributed by atoms with Gasteiger partial charge in [0.1, 0.15) is 5.75 Å². The van der Waals surface area contributed by atoms with Crippen LogP contribution in [0.2, 0.25) is 0 Å². The fourth-order valence-electron chi connectivity index (χ4n) is 2.96. The maximum absolute atomic E-state index is 12.3. The molecule has 2 heterocycles. The number of allylic oxidation sites excluding steroid dienone is 1. The molecule has 0 radical (unpaired) electrons. The van der Waals surface area contributed by atoms with E-state index in [1.807, 2.05) is 25.1 Å². The fourth-order valence-corrected chi connectivity index (χ4v) is 2.96. The molecule has 26 heavy (non-hydrogen) atoms. The molecular weight excluding hydrogens is 330 g/mol. The summed E-state index contributed by atoms with van der Waals surface area (Å²) in [6, 6.07) is 5.99. The van der Waals surface area contributed by atoms with Crippen LogP contribution in [0, 0.1) is 0 Å². The van der Waals surface area contributed by atoms with E-state index in [-0.39, 0.29) is 5.78 Å². The molecule has 1 aliphatic rings. The molecule has 0 amide bonds. The first-order chi connectivity index (χ1) is 12.7. The number of nitrogens with zero attached hydrogens (tertiary/aromatic N) is 3. The lowest BCUT2D eigenvalue weighted by Gasteiger charge is -2.27. The fraction of sp³-hybridized carbons (Fsp3) is 0.400. The number of ketones is 1. The minimum absolute atomic E-state index is 0.0461. The molecule has 3 rings (SSSR count). The van der Waals surface area contributed by atoms with Crippen LogP contribution >= 0.6 is 0 Å². The summed E-state index contributed by atoms with van der Waals surface area (Å²) in [6.07, 6.45) is 6.81. The Balaban J connectivity index is 1.72. The van der Waals surface area contributed by atoms with E-state index < -0.39 is 0 Å². The molecule has 0 aliphatic carbocycles. The third-order valence-corrected chi connectivity index (χ3v) is 4.47. The van der Waals surface area contributed by atoms with E-state index >= 15 is 0 Å². The summed E-state index contributed by atoms with van der Waals surface area (Å²) in [5.41, 5.74) is 2.69. The van der Waals surface area contributed by atoms with Crippen LogP contribution in [0.5, 0.6) is 5.75 Å². The lowest BCUT2D eigenvalue weighted by Crippen LogP contribution is -2.35. The molecular formula is C20H25N3O3. The number of aromatic nitrogens is 2. The van der Waals surface area contributed by atoms with E-state index in [1.165, 1.54) is 0 Å². The summed E-state index contributed by atoms with van der Waals surface area (Å²) in [7, 11) is 1.68. The van der Waals surface area contributed by atoms with Crippen molar-refractivity contribution in [2.75, 3.05) is 33.4 Å². The summed E-state index contributed by atoms with van der Waals surface area (Å²) in [5, 5.41) is 4.14. The Morgan fingerprint density at radius 2 is 2.15 bits per heavy atom. The summed E-state index contributed by atoms with van der Waals surface area (Å²) in [6.45, 7) is 6.92. The van der Waals surface area contributed by atoms with Crippen molar-refractivity contribution in [3.8, 4) is 5.75 Å². The second kappa shape index (κ2) is 8.78. The summed E-state index contributed by atoms with van der Waals surface area (Å²) < 4.78 is 12.6. The van der Waals surface area contributed by atoms with Gasteiger partial charge in [-0.3, -0.25) is 14.4 Å². The Labute approximate surface area is 154 Å². The maximum atomic E-state index is 12.3. The minimum Gasteiger partial charge on any atom is -0.496 e. The first-order valence-corrected chi connectivity index (χ1v) is 8.91. The summed E-state index contributed by atoms with van der Waals surface area (Å²) in [5.74, 6) is 0.819. The predicted molar refractivity (Wildman–Crippen MR) is 100 cm³/mol. The van der Waals surface area contributed by atoms with Crippen molar-refractivity contribution in [1.82, 2.24) is 14.7 Å². The van der Waals surface area contributed by atoms with Gasteiger partial charge < -0.3 is 9.47 Å². The van der Waals surface area contributed by atoms with E-state index in [0.29, 0.717) is 5.56 Å². The Morgan fingerprint density at radius 1 is 1.35 bits per heavy atom. The third kappa shape index (κ3) is 4.59. The van der Waals surface area contributed by atoms with Crippen LogP contribution in [0.4, 0.5) is 0 Å². The summed E-state index contributed by atoms with van der Waals surface area (Å²) in [4.78, 5) is 14.6. The van der Waals surface area contributed by atoms with Gasteiger partial charge in [0.15, 0.2) is 5.78 Å². The molecule has 6 heteroatoms. The molecule has 1 aliphatic heterocycles. The molecule has 0 spiro atoms. The Morgan fingerprint density at radius 3 is 2.85 bits per heavy atom. The Kier molecular flexibility index (Phi) is 6.20. The lowest BCUT2D eigenvalue weighted by atomic mass is 10.1. The van der Waals surface area contributed by atoms with E-state index in [4.69, 9.17) is 9.47 Å². The van der Waals surface area contributed by atoms with Crippen molar-refractivity contribution in [2.24, 2.45) is 0 Å². The molecule has 0 saturated carbocycles. The topological polar surface area (TPSA) is 56.6 Å². The Hall–Kier alpha value is -2.44. The number of hydrogen-bond acceptors (Lipinski definition) is 5. The zero-order valence-electron chi connectivity index (χ0n) is 15.4. The highest BCUT2D eigenvalue weighted by Crippen LogP contribution is 2.23. The van der Waals surface area contributed by atoms with Crippen molar-refractivity contribution in [3.63, 3.8) is 0 Å². The molecule has 0 bridgehead atoms. The van der Waals surface area contributed by atoms with E-state index in [0.717, 1.165) is 56.3 Å². The monoisotopic (exact) mass is 355 g/mol. The van der Waals surface area contributed by atoms with Gasteiger partial charge in [-0.1, -0.05) is 12.1 Å². The van der Waals surface area contributed by atoms with Gasteiger partial charge in [0.2, 0.25) is 0 Å². The largest absolute Gasteiger partial charge is 0.496 e. The number of carbonyl (C=O) groups excluding carboxylic acids is 1. The highest BCUT2D eigenvalue weighted by Gasteiger charge is 2.13. The SMILES string of the molecule is CCn1cc(C(=O)/C=C/c2ccc(OC)c(CN3CCOCC3)c2)cn1. The van der Waals surface area contributed by atoms with E-state index in [2.05, 4.69) is 16.1 Å². The molecule has 138 valence electrons. The molecule has 0 atom stereocenters. The zero-order chi connectivity index (χ0) is 18.4. The van der Waals surface area contributed by atoms with Gasteiger partial charge in [0, 0.05) is 37.9 Å². The van der Waals surface area contributed by atoms with Crippen molar-refractivity contribution in [1.29, 1.82) is 0 Å². The number of carbonyl (C=O) groups is 1. The van der Waals surface area contributed by atoms with Crippen LogP contribution in [0.25, 0.3) is 6.08 Å². The number of aryl methyl sites for hydroxylation is 1. The molecule has 1 saturated heterocycles. The Bertz CT molecular complexity index is 776. The average Bonchev–Trinajstić information content (AvgIpc) is 3.16. The second-order valence-corrected chi connectivity index (χ2v) is 6.24. The van der Waals surface area contributed by atoms with Gasteiger partial charge in [0.05, 0.1) is 32.1 Å². The second-order valence-electron chi connectivity index (χ2n) is 6.24. The van der Waals surface area contributed by atoms with Gasteiger partial charge in [-0.2, -0.15) is 5.10 Å². The van der Waals surface area contributed by atoms with Gasteiger partial charge >= 0.3 is 0 Å². The molecule has 1 aromatic heterocycles. The van der Waals surface area contributed by atoms with Gasteiger partial charge in [-0.05, 0) is 30.7 Å². The van der Waals surface area contributed by atoms with Crippen molar-refractivity contribution in [3.05, 3.63) is 53.4 Å². The van der Waals surface area contributed by atoms with E-state index in [9.17, 15) is 4.79 Å². The van der Waals surface area contributed by atoms with Gasteiger partial charge in [-0.25, -0.2) is 0 Å². The van der Waals surface area contributed by atoms with Crippen LogP contribution in [0.15, 0.2) is 36.7 Å². The van der Waals surface area contributed by atoms with Gasteiger partial charge in [-0.15, -0.1) is 0 Å². The van der Waals surface area contributed by atoms with Crippen molar-refractivity contribution >= 4 is 11.9 Å². The van der Waals surface area contributed by atoms with Crippen molar-refractivity contribution in [2.45, 2.75) is 20.0 Å². The molecule has 0 N–H and O–H groups in total. The highest BCUT2D eigenvalue weighted by molar-refractivity contribution is 6.06. The molecule has 1 fully saturated rings. The van der Waals surface area contributed by atoms with Crippen LogP contribution in [-0.2, 0) is 17.8 Å². The normalized spacial score (nSPS) is 15.5. The highest BCUT2D eigenvalue weighted by atomic mass is 16.5. The number of ether oxygens (including phenoxy) is 2. The van der Waals surface area contributed by atoms with Crippen molar-refractivity contribution < 1.29 is 14.3 Å². The maximum Gasteiger partial charge on any atom is 0.189 e. The van der Waals surface area contributed by atoms with Crippen LogP contribution in [-0.4, -0.2) is 53.9 Å². The van der Waals surface area contributed by atoms with E-state index in [1.54, 1.807) is 30.3 Å². The summed E-state index contributed by atoms with van der Waals surface area (Å²) >= 11 is 0. The number of morpholine rings is 1. The molecule has 0 unspecified atom stereocenters. The number of hydrogen-bond donors (Lipinski definition) is 0. The standard InChI is InChI=1S/C20H25N3O3/c1-3-23-15-18(13-21-23)19(24)6-4-16-5-7-20(25-2)17(12-16)14-22-8-10-26-11-9-22/h4-7,12-13,15H,3,8-11,14H2,1-2H3/b6-4+. The average molecular weight is 355 g/mol. The van der Waals surface area contributed by atoms with Crippen LogP contribution in [0.1, 0.15) is 28.4 Å². The number of benzene rings is 1. The predicted octanol–water partition coefficient (Wildman–Crippen LogP) is 2.64. The lowest BCUT2D eigenvalue weighted by molar-refractivity contribution is 0.0339. The van der Waals surface area contributed by atoms with Crippen LogP contribution < -0.4 is 4.74 Å². The molecule has 1 aromatic carbocycles. The minimum atomic E-state index is -0.0461. The quantitative estimate of drug-likeness (QED) is 0.564. The smallest absolute Gasteiger partial charge is 0.189 e. The number of methoxy groups -OCH3 is 1. The van der Waals surface area contributed by atoms with Crippen LogP contribution in [0.3, 0.4) is 0 Å². The molecule has 6 nitrogen and oxygen atoms in total. The van der Waals surface area contributed by atoms with Gasteiger partial charge in [0.25, 0.3) is 0 Å². The zero-order valence-corrected chi connectivity index (χ0v) is 15.4. The first-order valence-electron chi connectivity index (χ1n) is 8.91. The molecule has 2 aromatic rings. The third-order valence-electron chi connectivity index (χ3n) is 4.47.